The van der Waals surface area contributed by atoms with E-state index >= 15 is 0 Å². The van der Waals surface area contributed by atoms with Gasteiger partial charge in [0.2, 0.25) is 0 Å². The van der Waals surface area contributed by atoms with Crippen LogP contribution in [0.1, 0.15) is 12.0 Å². The van der Waals surface area contributed by atoms with Gasteiger partial charge in [0, 0.05) is 0 Å². The first kappa shape index (κ1) is 10.2. The summed E-state index contributed by atoms with van der Waals surface area (Å²) in [5.41, 5.74) is 1.22. The molecular weight excluding hydrogens is 190 g/mol. The van der Waals surface area contributed by atoms with Crippen LogP contribution in [0.3, 0.4) is 0 Å². The van der Waals surface area contributed by atoms with Crippen molar-refractivity contribution in [2.75, 3.05) is 6.54 Å². The average Bonchev–Trinajstić information content (AvgIpc) is 2.67. The molecule has 0 spiro atoms. The molecule has 0 aromatic heterocycles. The average molecular weight is 205 g/mol. The molecular formula is C12H15NO2. The van der Waals surface area contributed by atoms with E-state index in [1.54, 1.807) is 0 Å². The number of nitrogens with one attached hydrogen (secondary N) is 1. The Morgan fingerprint density at radius 3 is 2.80 bits per heavy atom. The lowest BCUT2D eigenvalue weighted by Crippen LogP contribution is -2.36. The maximum Gasteiger partial charge on any atom is 0.320 e. The highest BCUT2D eigenvalue weighted by molar-refractivity contribution is 5.74. The molecule has 1 fully saturated rings. The third-order valence-electron chi connectivity index (χ3n) is 2.96. The number of rotatable bonds is 3. The van der Waals surface area contributed by atoms with Crippen molar-refractivity contribution in [1.29, 1.82) is 0 Å². The summed E-state index contributed by atoms with van der Waals surface area (Å²) in [4.78, 5) is 10.9. The van der Waals surface area contributed by atoms with Gasteiger partial charge in [-0.1, -0.05) is 30.3 Å². The van der Waals surface area contributed by atoms with Crippen molar-refractivity contribution in [3.63, 3.8) is 0 Å². The first-order valence-corrected chi connectivity index (χ1v) is 5.27. The van der Waals surface area contributed by atoms with E-state index in [0.29, 0.717) is 0 Å². The summed E-state index contributed by atoms with van der Waals surface area (Å²) in [6, 6.07) is 9.70. The maximum atomic E-state index is 10.9. The van der Waals surface area contributed by atoms with Crippen LogP contribution < -0.4 is 5.32 Å². The Morgan fingerprint density at radius 2 is 2.13 bits per heavy atom. The minimum Gasteiger partial charge on any atom is -0.480 e. The first-order valence-electron chi connectivity index (χ1n) is 5.27. The van der Waals surface area contributed by atoms with E-state index in [2.05, 4.69) is 17.4 Å². The van der Waals surface area contributed by atoms with Gasteiger partial charge in [0.05, 0.1) is 0 Å². The topological polar surface area (TPSA) is 49.3 Å². The van der Waals surface area contributed by atoms with Gasteiger partial charge in [-0.15, -0.1) is 0 Å². The second-order valence-electron chi connectivity index (χ2n) is 4.01. The van der Waals surface area contributed by atoms with Crippen LogP contribution in [0.2, 0.25) is 0 Å². The van der Waals surface area contributed by atoms with Crippen LogP contribution in [-0.2, 0) is 11.2 Å². The summed E-state index contributed by atoms with van der Waals surface area (Å²) in [7, 11) is 0. The van der Waals surface area contributed by atoms with Gasteiger partial charge < -0.3 is 10.4 Å². The molecule has 1 aromatic carbocycles. The van der Waals surface area contributed by atoms with E-state index in [-0.39, 0.29) is 12.0 Å². The zero-order chi connectivity index (χ0) is 10.7. The van der Waals surface area contributed by atoms with E-state index in [9.17, 15) is 4.79 Å². The number of benzene rings is 1. The maximum absolute atomic E-state index is 10.9. The van der Waals surface area contributed by atoms with Gasteiger partial charge in [-0.25, -0.2) is 0 Å². The van der Waals surface area contributed by atoms with E-state index < -0.39 is 5.97 Å². The number of hydrogen-bond donors (Lipinski definition) is 2. The summed E-state index contributed by atoms with van der Waals surface area (Å²) in [6.45, 7) is 0.814. The van der Waals surface area contributed by atoms with Crippen LogP contribution in [-0.4, -0.2) is 23.7 Å². The van der Waals surface area contributed by atoms with Gasteiger partial charge >= 0.3 is 5.97 Å². The quantitative estimate of drug-likeness (QED) is 0.781. The molecule has 0 aliphatic carbocycles. The first-order chi connectivity index (χ1) is 7.27. The Bertz CT molecular complexity index is 337. The predicted octanol–water partition coefficient (Wildman–Crippen LogP) is 1.29. The van der Waals surface area contributed by atoms with Crippen molar-refractivity contribution in [2.24, 2.45) is 5.92 Å². The summed E-state index contributed by atoms with van der Waals surface area (Å²) >= 11 is 0. The SMILES string of the molecule is O=C(O)[C@@H]1NCC[C@@H]1Cc1ccccc1. The number of carboxylic acid groups (broad SMARTS) is 1. The standard InChI is InChI=1S/C12H15NO2/c14-12(15)11-10(6-7-13-11)8-9-4-2-1-3-5-9/h1-5,10-11,13H,6-8H2,(H,14,15)/t10-,11-/m1/s1. The molecule has 3 heteroatoms. The van der Waals surface area contributed by atoms with Crippen LogP contribution in [0.4, 0.5) is 0 Å². The molecule has 1 saturated heterocycles. The number of carbonyl (C=O) groups is 1. The number of hydrogen-bond acceptors (Lipinski definition) is 2. The fraction of sp³-hybridized carbons (Fsp3) is 0.417. The molecule has 0 bridgehead atoms. The zero-order valence-electron chi connectivity index (χ0n) is 8.52. The van der Waals surface area contributed by atoms with Crippen molar-refractivity contribution in [3.05, 3.63) is 35.9 Å². The van der Waals surface area contributed by atoms with Crippen molar-refractivity contribution >= 4 is 5.97 Å². The molecule has 1 heterocycles. The summed E-state index contributed by atoms with van der Waals surface area (Å²) < 4.78 is 0. The Hall–Kier alpha value is -1.35. The Balaban J connectivity index is 2.03. The van der Waals surface area contributed by atoms with Crippen LogP contribution in [0.25, 0.3) is 0 Å². The normalized spacial score (nSPS) is 25.3. The van der Waals surface area contributed by atoms with E-state index in [1.807, 2.05) is 18.2 Å². The van der Waals surface area contributed by atoms with Crippen molar-refractivity contribution in [2.45, 2.75) is 18.9 Å². The van der Waals surface area contributed by atoms with Crippen molar-refractivity contribution < 1.29 is 9.90 Å². The molecule has 0 radical (unpaired) electrons. The fourth-order valence-corrected chi connectivity index (χ4v) is 2.18. The Kier molecular flexibility index (Phi) is 3.02. The van der Waals surface area contributed by atoms with E-state index in [1.165, 1.54) is 5.56 Å². The lowest BCUT2D eigenvalue weighted by molar-refractivity contribution is -0.140. The summed E-state index contributed by atoms with van der Waals surface area (Å²) in [5, 5.41) is 12.0. The third-order valence-corrected chi connectivity index (χ3v) is 2.96. The molecule has 3 nitrogen and oxygen atoms in total. The van der Waals surface area contributed by atoms with Gasteiger partial charge in [0.25, 0.3) is 0 Å². The molecule has 2 rings (SSSR count). The molecule has 0 saturated carbocycles. The number of carboxylic acids is 1. The van der Waals surface area contributed by atoms with Gasteiger partial charge in [-0.05, 0) is 30.9 Å². The third kappa shape index (κ3) is 2.36. The van der Waals surface area contributed by atoms with Crippen molar-refractivity contribution in [1.82, 2.24) is 5.32 Å². The molecule has 2 N–H and O–H groups in total. The fourth-order valence-electron chi connectivity index (χ4n) is 2.18. The minimum absolute atomic E-state index is 0.227. The van der Waals surface area contributed by atoms with E-state index in [0.717, 1.165) is 19.4 Å². The molecule has 15 heavy (non-hydrogen) atoms. The second-order valence-corrected chi connectivity index (χ2v) is 4.01. The largest absolute Gasteiger partial charge is 0.480 e. The lowest BCUT2D eigenvalue weighted by atomic mass is 9.93. The molecule has 1 aliphatic rings. The van der Waals surface area contributed by atoms with Gasteiger partial charge in [-0.3, -0.25) is 4.79 Å². The van der Waals surface area contributed by atoms with Crippen LogP contribution >= 0.6 is 0 Å². The van der Waals surface area contributed by atoms with Crippen LogP contribution in [0.5, 0.6) is 0 Å². The van der Waals surface area contributed by atoms with Gasteiger partial charge in [-0.2, -0.15) is 0 Å². The zero-order valence-corrected chi connectivity index (χ0v) is 8.52. The minimum atomic E-state index is -0.728. The Morgan fingerprint density at radius 1 is 1.40 bits per heavy atom. The molecule has 1 aromatic rings. The summed E-state index contributed by atoms with van der Waals surface area (Å²) in [6.07, 6.45) is 1.80. The highest BCUT2D eigenvalue weighted by atomic mass is 16.4. The second kappa shape index (κ2) is 4.45. The molecule has 0 unspecified atom stereocenters. The predicted molar refractivity (Wildman–Crippen MR) is 57.7 cm³/mol. The smallest absolute Gasteiger partial charge is 0.320 e. The molecule has 1 aliphatic heterocycles. The number of aliphatic carboxylic acids is 1. The highest BCUT2D eigenvalue weighted by Crippen LogP contribution is 2.20. The van der Waals surface area contributed by atoms with E-state index in [4.69, 9.17) is 5.11 Å². The molecule has 0 amide bonds. The van der Waals surface area contributed by atoms with Crippen LogP contribution in [0.15, 0.2) is 30.3 Å². The molecule has 80 valence electrons. The van der Waals surface area contributed by atoms with Gasteiger partial charge in [0.15, 0.2) is 0 Å². The van der Waals surface area contributed by atoms with Gasteiger partial charge in [0.1, 0.15) is 6.04 Å². The monoisotopic (exact) mass is 205 g/mol. The molecule has 2 atom stereocenters. The van der Waals surface area contributed by atoms with Crippen molar-refractivity contribution in [3.8, 4) is 0 Å². The Labute approximate surface area is 89.1 Å². The van der Waals surface area contributed by atoms with Crippen LogP contribution in [0, 0.1) is 5.92 Å². The highest BCUT2D eigenvalue weighted by Gasteiger charge is 2.32. The lowest BCUT2D eigenvalue weighted by Gasteiger charge is -2.15. The summed E-state index contributed by atoms with van der Waals surface area (Å²) in [5.74, 6) is -0.502.